The van der Waals surface area contributed by atoms with Gasteiger partial charge in [0.05, 0.1) is 4.88 Å². The first-order chi connectivity index (χ1) is 17.6. The van der Waals surface area contributed by atoms with Crippen molar-refractivity contribution < 1.29 is 4.42 Å². The number of hydrogen-bond donors (Lipinski definition) is 0. The molecule has 0 N–H and O–H groups in total. The van der Waals surface area contributed by atoms with E-state index in [1.807, 2.05) is 0 Å². The van der Waals surface area contributed by atoms with Gasteiger partial charge < -0.3 is 4.42 Å². The van der Waals surface area contributed by atoms with Gasteiger partial charge in [-0.25, -0.2) is 4.98 Å². The number of oxazole rings is 1. The zero-order valence-corrected chi connectivity index (χ0v) is 22.6. The molecule has 2 nitrogen and oxygen atoms in total. The highest BCUT2D eigenvalue weighted by molar-refractivity contribution is 7.14. The number of rotatable bonds is 9. The molecule has 0 aliphatic heterocycles. The van der Waals surface area contributed by atoms with Crippen LogP contribution in [0.3, 0.4) is 0 Å². The quantitative estimate of drug-likeness (QED) is 0.204. The largest absolute Gasteiger partial charge is 0.435 e. The highest BCUT2D eigenvalue weighted by Gasteiger charge is 2.22. The summed E-state index contributed by atoms with van der Waals surface area (Å²) in [7, 11) is 0. The third-order valence-electron chi connectivity index (χ3n) is 7.31. The van der Waals surface area contributed by atoms with Crippen molar-refractivity contribution in [1.82, 2.24) is 4.98 Å². The summed E-state index contributed by atoms with van der Waals surface area (Å²) in [6, 6.07) is 25.9. The molecule has 5 aromatic rings. The summed E-state index contributed by atoms with van der Waals surface area (Å²) in [4.78, 5) is 6.20. The van der Waals surface area contributed by atoms with Gasteiger partial charge in [-0.2, -0.15) is 0 Å². The van der Waals surface area contributed by atoms with Crippen molar-refractivity contribution in [1.29, 1.82) is 0 Å². The molecule has 0 amide bonds. The van der Waals surface area contributed by atoms with E-state index in [4.69, 9.17) is 9.40 Å². The molecule has 184 valence electrons. The molecule has 0 bridgehead atoms. The molecule has 0 radical (unpaired) electrons. The summed E-state index contributed by atoms with van der Waals surface area (Å²) in [5.41, 5.74) is 9.41. The van der Waals surface area contributed by atoms with Gasteiger partial charge in [0.15, 0.2) is 5.58 Å². The highest BCUT2D eigenvalue weighted by Crippen LogP contribution is 2.45. The maximum atomic E-state index is 6.63. The Labute approximate surface area is 219 Å². The van der Waals surface area contributed by atoms with Crippen LogP contribution >= 0.6 is 11.3 Å². The fourth-order valence-electron chi connectivity index (χ4n) is 4.84. The molecule has 36 heavy (non-hydrogen) atoms. The predicted molar refractivity (Wildman–Crippen MR) is 155 cm³/mol. The molecular weight excluding hydrogens is 458 g/mol. The number of aromatic nitrogens is 1. The fourth-order valence-corrected chi connectivity index (χ4v) is 5.86. The summed E-state index contributed by atoms with van der Waals surface area (Å²) in [5.74, 6) is 1.98. The van der Waals surface area contributed by atoms with Crippen molar-refractivity contribution in [2.24, 2.45) is 11.8 Å². The van der Waals surface area contributed by atoms with Crippen LogP contribution in [0.4, 0.5) is 0 Å². The van der Waals surface area contributed by atoms with E-state index in [-0.39, 0.29) is 0 Å². The second-order valence-corrected chi connectivity index (χ2v) is 11.0. The standard InChI is InChI=1S/C33H35NOS/c1-5-22(3)17-24-19-27(18-23(4)6-2)31-29(20-24)34-33(35-31)32-30(26-15-11-8-12-16-26)28(21-36-32)25-13-9-7-10-14-25/h7-16,19-23H,5-6,17-18H2,1-4H3. The Morgan fingerprint density at radius 1 is 0.806 bits per heavy atom. The second kappa shape index (κ2) is 10.8. The van der Waals surface area contributed by atoms with Gasteiger partial charge in [-0.3, -0.25) is 0 Å². The molecule has 0 aliphatic rings. The third kappa shape index (κ3) is 5.03. The summed E-state index contributed by atoms with van der Waals surface area (Å²) >= 11 is 1.72. The Balaban J connectivity index is 1.67. The number of thiophene rings is 1. The van der Waals surface area contributed by atoms with Gasteiger partial charge in [0.2, 0.25) is 5.89 Å². The summed E-state index contributed by atoms with van der Waals surface area (Å²) < 4.78 is 6.63. The zero-order valence-electron chi connectivity index (χ0n) is 21.8. The van der Waals surface area contributed by atoms with Crippen LogP contribution in [0.2, 0.25) is 0 Å². The minimum atomic E-state index is 0.604. The fraction of sp³-hybridized carbons (Fsp3) is 0.303. The Bertz CT molecular complexity index is 1430. The average molecular weight is 494 g/mol. The van der Waals surface area contributed by atoms with Crippen LogP contribution < -0.4 is 0 Å². The van der Waals surface area contributed by atoms with Gasteiger partial charge in [-0.1, -0.05) is 107 Å². The maximum absolute atomic E-state index is 6.63. The van der Waals surface area contributed by atoms with E-state index >= 15 is 0 Å². The van der Waals surface area contributed by atoms with E-state index in [2.05, 4.69) is 106 Å². The first kappa shape index (κ1) is 24.5. The van der Waals surface area contributed by atoms with Crippen LogP contribution in [-0.2, 0) is 12.8 Å². The lowest BCUT2D eigenvalue weighted by Gasteiger charge is -2.12. The Kier molecular flexibility index (Phi) is 7.38. The van der Waals surface area contributed by atoms with Crippen molar-refractivity contribution in [2.45, 2.75) is 53.4 Å². The predicted octanol–water partition coefficient (Wildman–Crippen LogP) is 10.1. The average Bonchev–Trinajstić information content (AvgIpc) is 3.54. The molecule has 3 heteroatoms. The lowest BCUT2D eigenvalue weighted by molar-refractivity contribution is 0.546. The minimum Gasteiger partial charge on any atom is -0.435 e. The molecule has 2 heterocycles. The molecule has 0 saturated heterocycles. The summed E-state index contributed by atoms with van der Waals surface area (Å²) in [6.45, 7) is 9.18. The number of nitrogens with zero attached hydrogens (tertiary/aromatic N) is 1. The molecule has 5 rings (SSSR count). The Hall–Kier alpha value is -3.17. The second-order valence-electron chi connectivity index (χ2n) is 10.1. The topological polar surface area (TPSA) is 26.0 Å². The van der Waals surface area contributed by atoms with Crippen LogP contribution in [0, 0.1) is 11.8 Å². The highest BCUT2D eigenvalue weighted by atomic mass is 32.1. The van der Waals surface area contributed by atoms with Crippen molar-refractivity contribution in [3.8, 4) is 33.0 Å². The van der Waals surface area contributed by atoms with Crippen molar-refractivity contribution in [3.63, 3.8) is 0 Å². The molecule has 2 unspecified atom stereocenters. The van der Waals surface area contributed by atoms with E-state index in [0.29, 0.717) is 11.8 Å². The maximum Gasteiger partial charge on any atom is 0.238 e. The molecule has 0 saturated carbocycles. The molecule has 0 spiro atoms. The lowest BCUT2D eigenvalue weighted by Crippen LogP contribution is -2.02. The van der Waals surface area contributed by atoms with Gasteiger partial charge >= 0.3 is 0 Å². The minimum absolute atomic E-state index is 0.604. The Morgan fingerprint density at radius 3 is 2.11 bits per heavy atom. The monoisotopic (exact) mass is 493 g/mol. The molecular formula is C33H35NOS. The number of fused-ring (bicyclic) bond motifs is 1. The normalized spacial score (nSPS) is 13.2. The molecule has 0 fully saturated rings. The molecule has 3 aromatic carbocycles. The van der Waals surface area contributed by atoms with Crippen molar-refractivity contribution in [2.75, 3.05) is 0 Å². The van der Waals surface area contributed by atoms with Crippen LogP contribution in [-0.4, -0.2) is 4.98 Å². The van der Waals surface area contributed by atoms with E-state index in [9.17, 15) is 0 Å². The lowest BCUT2D eigenvalue weighted by atomic mass is 9.93. The van der Waals surface area contributed by atoms with E-state index < -0.39 is 0 Å². The zero-order chi connectivity index (χ0) is 25.1. The summed E-state index contributed by atoms with van der Waals surface area (Å²) in [6.07, 6.45) is 4.43. The number of benzene rings is 3. The van der Waals surface area contributed by atoms with Crippen LogP contribution in [0.25, 0.3) is 44.1 Å². The number of hydrogen-bond acceptors (Lipinski definition) is 3. The SMILES string of the molecule is CCC(C)Cc1cc(CC(C)CC)c2oc(-c3scc(-c4ccccc4)c3-c3ccccc3)nc2c1. The molecule has 0 aliphatic carbocycles. The van der Waals surface area contributed by atoms with Crippen LogP contribution in [0.1, 0.15) is 51.7 Å². The van der Waals surface area contributed by atoms with Gasteiger partial charge in [0, 0.05) is 16.5 Å². The van der Waals surface area contributed by atoms with Crippen molar-refractivity contribution >= 4 is 22.4 Å². The van der Waals surface area contributed by atoms with Gasteiger partial charge in [0.25, 0.3) is 0 Å². The van der Waals surface area contributed by atoms with Crippen LogP contribution in [0.5, 0.6) is 0 Å². The molecule has 2 atom stereocenters. The smallest absolute Gasteiger partial charge is 0.238 e. The van der Waals surface area contributed by atoms with E-state index in [0.717, 1.165) is 41.1 Å². The Morgan fingerprint density at radius 2 is 1.44 bits per heavy atom. The van der Waals surface area contributed by atoms with Crippen molar-refractivity contribution in [3.05, 3.63) is 89.3 Å². The van der Waals surface area contributed by atoms with Gasteiger partial charge in [0.1, 0.15) is 5.52 Å². The summed E-state index contributed by atoms with van der Waals surface area (Å²) in [5, 5.41) is 2.25. The molecule has 2 aromatic heterocycles. The van der Waals surface area contributed by atoms with E-state index in [1.165, 1.54) is 39.8 Å². The van der Waals surface area contributed by atoms with E-state index in [1.54, 1.807) is 11.3 Å². The first-order valence-corrected chi connectivity index (χ1v) is 14.1. The van der Waals surface area contributed by atoms with Crippen LogP contribution in [0.15, 0.2) is 82.6 Å². The van der Waals surface area contributed by atoms with Gasteiger partial charge in [-0.15, -0.1) is 11.3 Å². The van der Waals surface area contributed by atoms with Gasteiger partial charge in [-0.05, 0) is 53.0 Å². The first-order valence-electron chi connectivity index (χ1n) is 13.2. The third-order valence-corrected chi connectivity index (χ3v) is 8.27.